The van der Waals surface area contributed by atoms with Crippen LogP contribution in [0, 0.1) is 0 Å². The number of nitrogens with one attached hydrogen (secondary N) is 2. The SMILES string of the molecule is CCCN1CC2=C(C1=O)C(c1ccc(OCC)cc1)NC(=O)N2. The number of urea groups is 1. The number of hydrogen-bond donors (Lipinski definition) is 2. The zero-order valence-electron chi connectivity index (χ0n) is 13.4. The molecule has 2 aliphatic heterocycles. The van der Waals surface area contributed by atoms with Crippen molar-refractivity contribution in [2.45, 2.75) is 26.3 Å². The monoisotopic (exact) mass is 315 g/mol. The van der Waals surface area contributed by atoms with E-state index in [4.69, 9.17) is 4.74 Å². The molecule has 0 saturated carbocycles. The third kappa shape index (κ3) is 2.88. The van der Waals surface area contributed by atoms with Gasteiger partial charge in [-0.15, -0.1) is 0 Å². The Morgan fingerprint density at radius 2 is 1.96 bits per heavy atom. The fourth-order valence-corrected chi connectivity index (χ4v) is 3.05. The number of hydrogen-bond acceptors (Lipinski definition) is 3. The molecule has 0 aromatic heterocycles. The van der Waals surface area contributed by atoms with E-state index in [1.807, 2.05) is 38.1 Å². The fraction of sp³-hybridized carbons (Fsp3) is 0.412. The molecule has 2 heterocycles. The van der Waals surface area contributed by atoms with Crippen molar-refractivity contribution in [1.29, 1.82) is 0 Å². The van der Waals surface area contributed by atoms with E-state index < -0.39 is 6.04 Å². The first-order valence-electron chi connectivity index (χ1n) is 7.96. The van der Waals surface area contributed by atoms with Gasteiger partial charge in [0.1, 0.15) is 5.75 Å². The third-order valence-electron chi connectivity index (χ3n) is 4.04. The summed E-state index contributed by atoms with van der Waals surface area (Å²) in [4.78, 5) is 26.3. The molecule has 3 rings (SSSR count). The summed E-state index contributed by atoms with van der Waals surface area (Å²) in [5.41, 5.74) is 2.23. The maximum absolute atomic E-state index is 12.6. The standard InChI is InChI=1S/C17H21N3O3/c1-3-9-20-10-13-14(16(20)21)15(19-17(22)18-13)11-5-7-12(8-6-11)23-4-2/h5-8,15H,3-4,9-10H2,1-2H3,(H2,18,19,22). The second-order valence-electron chi connectivity index (χ2n) is 5.65. The molecule has 6 heteroatoms. The predicted octanol–water partition coefficient (Wildman–Crippen LogP) is 1.95. The van der Waals surface area contributed by atoms with Crippen molar-refractivity contribution in [3.8, 4) is 5.75 Å². The van der Waals surface area contributed by atoms with Gasteiger partial charge in [0.05, 0.1) is 30.5 Å². The van der Waals surface area contributed by atoms with Crippen molar-refractivity contribution < 1.29 is 14.3 Å². The molecule has 1 atom stereocenters. The van der Waals surface area contributed by atoms with E-state index >= 15 is 0 Å². The van der Waals surface area contributed by atoms with Crippen LogP contribution in [0.4, 0.5) is 4.79 Å². The summed E-state index contributed by atoms with van der Waals surface area (Å²) >= 11 is 0. The summed E-state index contributed by atoms with van der Waals surface area (Å²) in [5.74, 6) is 0.768. The van der Waals surface area contributed by atoms with E-state index in [1.54, 1.807) is 4.90 Å². The summed E-state index contributed by atoms with van der Waals surface area (Å²) in [6.45, 7) is 5.73. The van der Waals surface area contributed by atoms with E-state index in [2.05, 4.69) is 10.6 Å². The molecule has 23 heavy (non-hydrogen) atoms. The van der Waals surface area contributed by atoms with Crippen LogP contribution in [0.15, 0.2) is 35.5 Å². The van der Waals surface area contributed by atoms with Crippen LogP contribution in [0.2, 0.25) is 0 Å². The third-order valence-corrected chi connectivity index (χ3v) is 4.04. The molecule has 0 saturated heterocycles. The summed E-state index contributed by atoms with van der Waals surface area (Å²) in [6.07, 6.45) is 0.890. The van der Waals surface area contributed by atoms with Gasteiger partial charge in [-0.2, -0.15) is 0 Å². The average molecular weight is 315 g/mol. The average Bonchev–Trinajstić information content (AvgIpc) is 2.84. The number of rotatable bonds is 5. The number of nitrogens with zero attached hydrogens (tertiary/aromatic N) is 1. The van der Waals surface area contributed by atoms with Gasteiger partial charge in [0.25, 0.3) is 5.91 Å². The Labute approximate surface area is 135 Å². The Hall–Kier alpha value is -2.50. The van der Waals surface area contributed by atoms with Gasteiger partial charge in [-0.1, -0.05) is 19.1 Å². The molecule has 0 fully saturated rings. The molecule has 1 aromatic carbocycles. The van der Waals surface area contributed by atoms with Gasteiger partial charge in [-0.3, -0.25) is 4.79 Å². The highest BCUT2D eigenvalue weighted by Gasteiger charge is 2.39. The second kappa shape index (κ2) is 6.32. The Morgan fingerprint density at radius 3 is 2.61 bits per heavy atom. The lowest BCUT2D eigenvalue weighted by atomic mass is 9.96. The van der Waals surface area contributed by atoms with E-state index in [0.29, 0.717) is 31.0 Å². The molecular weight excluding hydrogens is 294 g/mol. The molecule has 0 aliphatic carbocycles. The lowest BCUT2D eigenvalue weighted by molar-refractivity contribution is -0.125. The van der Waals surface area contributed by atoms with Crippen molar-refractivity contribution in [2.75, 3.05) is 19.7 Å². The largest absolute Gasteiger partial charge is 0.494 e. The summed E-state index contributed by atoms with van der Waals surface area (Å²) in [7, 11) is 0. The van der Waals surface area contributed by atoms with Crippen molar-refractivity contribution in [3.05, 3.63) is 41.1 Å². The first-order chi connectivity index (χ1) is 11.1. The number of ether oxygens (including phenoxy) is 1. The number of carbonyl (C=O) groups is 2. The zero-order chi connectivity index (χ0) is 16.4. The van der Waals surface area contributed by atoms with Crippen LogP contribution >= 0.6 is 0 Å². The fourth-order valence-electron chi connectivity index (χ4n) is 3.05. The highest BCUT2D eigenvalue weighted by atomic mass is 16.5. The first kappa shape index (κ1) is 15.4. The highest BCUT2D eigenvalue weighted by Crippen LogP contribution is 2.33. The molecule has 6 nitrogen and oxygen atoms in total. The molecule has 0 radical (unpaired) electrons. The zero-order valence-corrected chi connectivity index (χ0v) is 13.4. The summed E-state index contributed by atoms with van der Waals surface area (Å²) in [5, 5.41) is 5.62. The van der Waals surface area contributed by atoms with Gasteiger partial charge in [0.2, 0.25) is 0 Å². The second-order valence-corrected chi connectivity index (χ2v) is 5.65. The van der Waals surface area contributed by atoms with Crippen LogP contribution < -0.4 is 15.4 Å². The molecule has 2 N–H and O–H groups in total. The number of benzene rings is 1. The van der Waals surface area contributed by atoms with E-state index in [9.17, 15) is 9.59 Å². The lowest BCUT2D eigenvalue weighted by Crippen LogP contribution is -2.44. The molecular formula is C17H21N3O3. The predicted molar refractivity (Wildman–Crippen MR) is 85.9 cm³/mol. The molecule has 1 unspecified atom stereocenters. The Balaban J connectivity index is 1.90. The van der Waals surface area contributed by atoms with Crippen LogP contribution in [0.1, 0.15) is 31.9 Å². The quantitative estimate of drug-likeness (QED) is 0.872. The van der Waals surface area contributed by atoms with Gasteiger partial charge >= 0.3 is 6.03 Å². The minimum atomic E-state index is -0.413. The number of carbonyl (C=O) groups excluding carboxylic acids is 2. The van der Waals surface area contributed by atoms with E-state index in [-0.39, 0.29) is 11.9 Å². The highest BCUT2D eigenvalue weighted by molar-refractivity contribution is 6.01. The molecule has 2 aliphatic rings. The normalized spacial score (nSPS) is 20.3. The van der Waals surface area contributed by atoms with E-state index in [1.165, 1.54) is 0 Å². The van der Waals surface area contributed by atoms with Crippen LogP contribution in [0.25, 0.3) is 0 Å². The smallest absolute Gasteiger partial charge is 0.319 e. The maximum Gasteiger partial charge on any atom is 0.319 e. The minimum absolute atomic E-state index is 0.00626. The van der Waals surface area contributed by atoms with Crippen LogP contribution in [-0.4, -0.2) is 36.5 Å². The van der Waals surface area contributed by atoms with Crippen molar-refractivity contribution in [1.82, 2.24) is 15.5 Å². The molecule has 122 valence electrons. The minimum Gasteiger partial charge on any atom is -0.494 e. The van der Waals surface area contributed by atoms with Crippen LogP contribution in [0.5, 0.6) is 5.75 Å². The van der Waals surface area contributed by atoms with Crippen LogP contribution in [0.3, 0.4) is 0 Å². The number of amides is 3. The van der Waals surface area contributed by atoms with E-state index in [0.717, 1.165) is 17.7 Å². The van der Waals surface area contributed by atoms with Gasteiger partial charge in [-0.05, 0) is 31.0 Å². The summed E-state index contributed by atoms with van der Waals surface area (Å²) in [6, 6.07) is 6.81. The summed E-state index contributed by atoms with van der Waals surface area (Å²) < 4.78 is 5.44. The Morgan fingerprint density at radius 1 is 1.22 bits per heavy atom. The lowest BCUT2D eigenvalue weighted by Gasteiger charge is -2.25. The molecule has 0 bridgehead atoms. The van der Waals surface area contributed by atoms with Gasteiger partial charge in [0.15, 0.2) is 0 Å². The van der Waals surface area contributed by atoms with Crippen LogP contribution in [-0.2, 0) is 4.79 Å². The van der Waals surface area contributed by atoms with Crippen molar-refractivity contribution >= 4 is 11.9 Å². The van der Waals surface area contributed by atoms with Crippen molar-refractivity contribution in [3.63, 3.8) is 0 Å². The molecule has 0 spiro atoms. The van der Waals surface area contributed by atoms with Gasteiger partial charge in [0, 0.05) is 6.54 Å². The van der Waals surface area contributed by atoms with Crippen molar-refractivity contribution in [2.24, 2.45) is 0 Å². The molecule has 1 aromatic rings. The Kier molecular flexibility index (Phi) is 4.23. The molecule has 3 amide bonds. The maximum atomic E-state index is 12.6. The van der Waals surface area contributed by atoms with Gasteiger partial charge in [-0.25, -0.2) is 4.79 Å². The van der Waals surface area contributed by atoms with Gasteiger partial charge < -0.3 is 20.3 Å². The Bertz CT molecular complexity index is 652. The topological polar surface area (TPSA) is 70.7 Å². The first-order valence-corrected chi connectivity index (χ1v) is 7.96.